The number of nitrogen functional groups attached to an aromatic ring is 1. The van der Waals surface area contributed by atoms with Crippen molar-refractivity contribution in [3.8, 4) is 5.88 Å². The van der Waals surface area contributed by atoms with Gasteiger partial charge >= 0.3 is 0 Å². The van der Waals surface area contributed by atoms with Crippen LogP contribution in [-0.2, 0) is 13.2 Å². The number of nitrogens with zero attached hydrogens (tertiary/aromatic N) is 1. The first kappa shape index (κ1) is 15.1. The predicted octanol–water partition coefficient (Wildman–Crippen LogP) is 2.56. The highest BCUT2D eigenvalue weighted by molar-refractivity contribution is 5.53. The predicted molar refractivity (Wildman–Crippen MR) is 84.1 cm³/mol. The van der Waals surface area contributed by atoms with Crippen LogP contribution >= 0.6 is 0 Å². The summed E-state index contributed by atoms with van der Waals surface area (Å²) < 4.78 is 5.57. The minimum atomic E-state index is 0.0243. The van der Waals surface area contributed by atoms with Crippen LogP contribution in [0.1, 0.15) is 25.0 Å². The van der Waals surface area contributed by atoms with Crippen LogP contribution in [0.3, 0.4) is 0 Å². The van der Waals surface area contributed by atoms with Gasteiger partial charge in [-0.25, -0.2) is 0 Å². The van der Waals surface area contributed by atoms with E-state index in [-0.39, 0.29) is 12.7 Å². The molecule has 1 aromatic carbocycles. The molecule has 5 nitrogen and oxygen atoms in total. The first-order chi connectivity index (χ1) is 10.1. The first-order valence-corrected chi connectivity index (χ1v) is 6.94. The number of benzene rings is 1. The van der Waals surface area contributed by atoms with Crippen LogP contribution in [0.15, 0.2) is 36.4 Å². The van der Waals surface area contributed by atoms with Crippen molar-refractivity contribution in [2.24, 2.45) is 0 Å². The van der Waals surface area contributed by atoms with Gasteiger partial charge in [0, 0.05) is 6.54 Å². The number of aromatic nitrogens is 1. The number of anilines is 2. The molecule has 0 amide bonds. The lowest BCUT2D eigenvalue weighted by molar-refractivity contribution is 0.234. The van der Waals surface area contributed by atoms with Crippen molar-refractivity contribution >= 4 is 11.5 Å². The average molecular weight is 287 g/mol. The second-order valence-corrected chi connectivity index (χ2v) is 5.09. The van der Waals surface area contributed by atoms with Crippen LogP contribution in [0.5, 0.6) is 5.88 Å². The molecule has 0 spiro atoms. The molecule has 0 aliphatic heterocycles. The van der Waals surface area contributed by atoms with Crippen molar-refractivity contribution in [2.45, 2.75) is 33.1 Å². The maximum Gasteiger partial charge on any atom is 0.239 e. The number of ether oxygens (including phenoxy) is 1. The van der Waals surface area contributed by atoms with Crippen molar-refractivity contribution < 1.29 is 9.84 Å². The Hall–Kier alpha value is -2.27. The van der Waals surface area contributed by atoms with E-state index in [1.165, 1.54) is 0 Å². The summed E-state index contributed by atoms with van der Waals surface area (Å²) in [6, 6.07) is 11.4. The van der Waals surface area contributed by atoms with Crippen molar-refractivity contribution in [2.75, 3.05) is 11.1 Å². The van der Waals surface area contributed by atoms with E-state index in [2.05, 4.69) is 10.3 Å². The summed E-state index contributed by atoms with van der Waals surface area (Å²) in [5.74, 6) is 1.15. The number of nitrogens with one attached hydrogen (secondary N) is 1. The summed E-state index contributed by atoms with van der Waals surface area (Å²) in [7, 11) is 0. The third kappa shape index (κ3) is 4.36. The zero-order valence-electron chi connectivity index (χ0n) is 12.3. The Morgan fingerprint density at radius 3 is 2.71 bits per heavy atom. The molecular formula is C16H21N3O2. The molecule has 112 valence electrons. The van der Waals surface area contributed by atoms with Gasteiger partial charge in [0.1, 0.15) is 5.82 Å². The molecule has 1 heterocycles. The summed E-state index contributed by atoms with van der Waals surface area (Å²) in [6.07, 6.45) is 0.0243. The molecule has 0 atom stereocenters. The van der Waals surface area contributed by atoms with Gasteiger partial charge in [-0.3, -0.25) is 0 Å². The number of aliphatic hydroxyl groups is 1. The Bertz CT molecular complexity index is 600. The van der Waals surface area contributed by atoms with Gasteiger partial charge < -0.3 is 20.9 Å². The number of rotatable bonds is 6. The largest absolute Gasteiger partial charge is 0.473 e. The molecule has 0 bridgehead atoms. The minimum absolute atomic E-state index is 0.0243. The lowest BCUT2D eigenvalue weighted by Gasteiger charge is -2.13. The summed E-state index contributed by atoms with van der Waals surface area (Å²) in [4.78, 5) is 4.36. The van der Waals surface area contributed by atoms with Gasteiger partial charge in [0.05, 0.1) is 18.4 Å². The SMILES string of the molecule is CC(C)Oc1nc(NCc2cccc(CO)c2)ccc1N. The molecule has 0 saturated carbocycles. The van der Waals surface area contributed by atoms with E-state index in [1.807, 2.05) is 44.2 Å². The van der Waals surface area contributed by atoms with E-state index in [4.69, 9.17) is 15.6 Å². The second-order valence-electron chi connectivity index (χ2n) is 5.09. The normalized spacial score (nSPS) is 10.7. The van der Waals surface area contributed by atoms with E-state index >= 15 is 0 Å². The zero-order valence-corrected chi connectivity index (χ0v) is 12.3. The van der Waals surface area contributed by atoms with Gasteiger partial charge in [0.25, 0.3) is 0 Å². The van der Waals surface area contributed by atoms with E-state index in [0.717, 1.165) is 11.1 Å². The third-order valence-electron chi connectivity index (χ3n) is 2.88. The molecule has 0 aliphatic carbocycles. The van der Waals surface area contributed by atoms with Gasteiger partial charge in [-0.1, -0.05) is 24.3 Å². The highest BCUT2D eigenvalue weighted by Gasteiger charge is 2.06. The smallest absolute Gasteiger partial charge is 0.239 e. The fraction of sp³-hybridized carbons (Fsp3) is 0.312. The van der Waals surface area contributed by atoms with Crippen LogP contribution in [0, 0.1) is 0 Å². The molecule has 1 aromatic heterocycles. The van der Waals surface area contributed by atoms with Gasteiger partial charge in [0.15, 0.2) is 0 Å². The summed E-state index contributed by atoms with van der Waals surface area (Å²) >= 11 is 0. The van der Waals surface area contributed by atoms with Crippen LogP contribution in [0.25, 0.3) is 0 Å². The van der Waals surface area contributed by atoms with Crippen LogP contribution in [0.2, 0.25) is 0 Å². The van der Waals surface area contributed by atoms with E-state index < -0.39 is 0 Å². The fourth-order valence-corrected chi connectivity index (χ4v) is 1.90. The molecule has 5 heteroatoms. The molecule has 2 aromatic rings. The maximum absolute atomic E-state index is 9.13. The average Bonchev–Trinajstić information content (AvgIpc) is 2.48. The molecule has 0 fully saturated rings. The summed E-state index contributed by atoms with van der Waals surface area (Å²) in [6.45, 7) is 4.52. The molecule has 4 N–H and O–H groups in total. The van der Waals surface area contributed by atoms with Crippen molar-refractivity contribution in [1.29, 1.82) is 0 Å². The van der Waals surface area contributed by atoms with Crippen LogP contribution in [0.4, 0.5) is 11.5 Å². The molecule has 0 saturated heterocycles. The highest BCUT2D eigenvalue weighted by atomic mass is 16.5. The number of hydrogen-bond acceptors (Lipinski definition) is 5. The number of nitrogens with two attached hydrogens (primary N) is 1. The molecule has 21 heavy (non-hydrogen) atoms. The van der Waals surface area contributed by atoms with E-state index in [9.17, 15) is 0 Å². The van der Waals surface area contributed by atoms with E-state index in [1.54, 1.807) is 6.07 Å². The molecule has 2 rings (SSSR count). The first-order valence-electron chi connectivity index (χ1n) is 6.94. The molecular weight excluding hydrogens is 266 g/mol. The Kier molecular flexibility index (Phi) is 5.00. The Morgan fingerprint density at radius 1 is 1.24 bits per heavy atom. The highest BCUT2D eigenvalue weighted by Crippen LogP contribution is 2.22. The van der Waals surface area contributed by atoms with Crippen LogP contribution in [-0.4, -0.2) is 16.2 Å². The molecule has 0 radical (unpaired) electrons. The molecule has 0 aliphatic rings. The fourth-order valence-electron chi connectivity index (χ4n) is 1.90. The van der Waals surface area contributed by atoms with Crippen molar-refractivity contribution in [3.63, 3.8) is 0 Å². The number of hydrogen-bond donors (Lipinski definition) is 3. The van der Waals surface area contributed by atoms with Crippen molar-refractivity contribution in [1.82, 2.24) is 4.98 Å². The quantitative estimate of drug-likeness (QED) is 0.761. The standard InChI is InChI=1S/C16H21N3O2/c1-11(2)21-16-14(17)6-7-15(19-16)18-9-12-4-3-5-13(8-12)10-20/h3-8,11,20H,9-10,17H2,1-2H3,(H,18,19). The number of aliphatic hydroxyl groups excluding tert-OH is 1. The minimum Gasteiger partial charge on any atom is -0.473 e. The Morgan fingerprint density at radius 2 is 2.00 bits per heavy atom. The van der Waals surface area contributed by atoms with Crippen molar-refractivity contribution in [3.05, 3.63) is 47.5 Å². The van der Waals surface area contributed by atoms with Gasteiger partial charge in [0.2, 0.25) is 5.88 Å². The molecule has 0 unspecified atom stereocenters. The summed E-state index contributed by atoms with van der Waals surface area (Å²) in [5, 5.41) is 12.4. The van der Waals surface area contributed by atoms with Gasteiger partial charge in [-0.05, 0) is 37.1 Å². The van der Waals surface area contributed by atoms with E-state index in [0.29, 0.717) is 23.9 Å². The Balaban J connectivity index is 2.05. The number of pyridine rings is 1. The zero-order chi connectivity index (χ0) is 15.2. The lowest BCUT2D eigenvalue weighted by atomic mass is 10.1. The topological polar surface area (TPSA) is 80.4 Å². The second kappa shape index (κ2) is 6.95. The maximum atomic E-state index is 9.13. The van der Waals surface area contributed by atoms with Gasteiger partial charge in [-0.2, -0.15) is 4.98 Å². The Labute approximate surface area is 124 Å². The monoisotopic (exact) mass is 287 g/mol. The third-order valence-corrected chi connectivity index (χ3v) is 2.88. The van der Waals surface area contributed by atoms with Gasteiger partial charge in [-0.15, -0.1) is 0 Å². The van der Waals surface area contributed by atoms with Crippen LogP contribution < -0.4 is 15.8 Å². The summed E-state index contributed by atoms with van der Waals surface area (Å²) in [5.41, 5.74) is 8.33. The lowest BCUT2D eigenvalue weighted by Crippen LogP contribution is -2.10.